The van der Waals surface area contributed by atoms with E-state index < -0.39 is 24.5 Å². The van der Waals surface area contributed by atoms with Crippen molar-refractivity contribution in [1.82, 2.24) is 0 Å². The summed E-state index contributed by atoms with van der Waals surface area (Å²) in [7, 11) is 0. The van der Waals surface area contributed by atoms with Gasteiger partial charge in [0.2, 0.25) is 0 Å². The summed E-state index contributed by atoms with van der Waals surface area (Å²) in [6.07, 6.45) is -4.57. The van der Waals surface area contributed by atoms with Crippen LogP contribution in [0.15, 0.2) is 0 Å². The highest BCUT2D eigenvalue weighted by Crippen LogP contribution is 2.38. The summed E-state index contributed by atoms with van der Waals surface area (Å²) in [4.78, 5) is 19.8. The number of hydrogen-bond donors (Lipinski definition) is 0. The molecule has 0 atom stereocenters. The number of alkyl halides is 5. The third-order valence-electron chi connectivity index (χ3n) is 2.52. The fraction of sp³-hybridized carbons (Fsp3) is 0.917. The minimum atomic E-state index is -5.53. The molecule has 8 heteroatoms. The first-order valence-corrected chi connectivity index (χ1v) is 6.47. The summed E-state index contributed by atoms with van der Waals surface area (Å²) in [6.45, 7) is 1.77. The highest BCUT2D eigenvalue weighted by molar-refractivity contribution is 5.68. The molecule has 0 heterocycles. The van der Waals surface area contributed by atoms with E-state index in [9.17, 15) is 26.7 Å². The van der Waals surface area contributed by atoms with Crippen molar-refractivity contribution in [1.29, 1.82) is 0 Å². The number of hydrogen-bond acceptors (Lipinski definition) is 3. The molecule has 3 nitrogen and oxygen atoms in total. The molecule has 0 saturated heterocycles. The molecule has 0 N–H and O–H groups in total. The van der Waals surface area contributed by atoms with Gasteiger partial charge in [-0.2, -0.15) is 26.8 Å². The first-order chi connectivity index (χ1) is 9.20. The van der Waals surface area contributed by atoms with E-state index in [1.165, 1.54) is 0 Å². The third-order valence-corrected chi connectivity index (χ3v) is 2.52. The second-order valence-electron chi connectivity index (χ2n) is 4.39. The molecule has 0 aliphatic rings. The molecule has 0 aromatic rings. The van der Waals surface area contributed by atoms with E-state index in [1.54, 1.807) is 0 Å². The van der Waals surface area contributed by atoms with Gasteiger partial charge >= 0.3 is 18.1 Å². The van der Waals surface area contributed by atoms with E-state index in [1.807, 2.05) is 6.92 Å². The molecule has 120 valence electrons. The largest absolute Gasteiger partial charge is 0.453 e. The zero-order valence-corrected chi connectivity index (χ0v) is 11.3. The number of carbonyl (C=O) groups excluding carboxylic acids is 1. The Kier molecular flexibility index (Phi) is 8.68. The van der Waals surface area contributed by atoms with Crippen LogP contribution in [0.2, 0.25) is 0 Å². The molecule has 0 unspecified atom stereocenters. The van der Waals surface area contributed by atoms with Crippen molar-refractivity contribution in [2.45, 2.75) is 64.0 Å². The smallest absolute Gasteiger partial charge is 0.298 e. The Labute approximate surface area is 114 Å². The number of rotatable bonds is 10. The Morgan fingerprint density at radius 3 is 2.20 bits per heavy atom. The van der Waals surface area contributed by atoms with Crippen LogP contribution in [0.1, 0.15) is 51.9 Å². The maximum Gasteiger partial charge on any atom is 0.453 e. The lowest BCUT2D eigenvalue weighted by Gasteiger charge is -2.18. The molecule has 0 aromatic carbocycles. The quantitative estimate of drug-likeness (QED) is 0.259. The van der Waals surface area contributed by atoms with Crippen LogP contribution in [-0.2, 0) is 14.6 Å². The predicted octanol–water partition coefficient (Wildman–Crippen LogP) is 4.41. The number of carbonyl (C=O) groups is 1. The first kappa shape index (κ1) is 19.1. The van der Waals surface area contributed by atoms with Crippen molar-refractivity contribution in [2.24, 2.45) is 0 Å². The Balaban J connectivity index is 3.56. The summed E-state index contributed by atoms with van der Waals surface area (Å²) in [6, 6.07) is 0. The van der Waals surface area contributed by atoms with E-state index >= 15 is 0 Å². The predicted molar refractivity (Wildman–Crippen MR) is 61.0 cm³/mol. The molecular formula is C12H19F5O3. The molecule has 0 amide bonds. The average molecular weight is 306 g/mol. The third kappa shape index (κ3) is 8.29. The van der Waals surface area contributed by atoms with Gasteiger partial charge in [-0.3, -0.25) is 4.89 Å². The molecule has 20 heavy (non-hydrogen) atoms. The van der Waals surface area contributed by atoms with Gasteiger partial charge in [0.25, 0.3) is 0 Å². The summed E-state index contributed by atoms with van der Waals surface area (Å²) < 4.78 is 60.4. The monoisotopic (exact) mass is 306 g/mol. The zero-order chi connectivity index (χ0) is 15.6. The maximum absolute atomic E-state index is 12.5. The Morgan fingerprint density at radius 1 is 1.00 bits per heavy atom. The van der Waals surface area contributed by atoms with Crippen molar-refractivity contribution in [3.8, 4) is 0 Å². The molecule has 0 rings (SSSR count). The van der Waals surface area contributed by atoms with Crippen molar-refractivity contribution in [3.05, 3.63) is 0 Å². The zero-order valence-electron chi connectivity index (χ0n) is 11.3. The van der Waals surface area contributed by atoms with Gasteiger partial charge in [0.15, 0.2) is 0 Å². The minimum Gasteiger partial charge on any atom is -0.298 e. The SMILES string of the molecule is CCCCCC(=O)OOCCCCC(F)(F)C(F)(F)F. The normalized spacial score (nSPS) is 12.5. The molecule has 0 aromatic heterocycles. The second-order valence-corrected chi connectivity index (χ2v) is 4.39. The molecule has 0 aliphatic heterocycles. The molecule has 0 bridgehead atoms. The van der Waals surface area contributed by atoms with Gasteiger partial charge in [-0.05, 0) is 19.3 Å². The van der Waals surface area contributed by atoms with Crippen LogP contribution < -0.4 is 0 Å². The lowest BCUT2D eigenvalue weighted by Crippen LogP contribution is -2.36. The maximum atomic E-state index is 12.5. The van der Waals surface area contributed by atoms with Crippen LogP contribution in [-0.4, -0.2) is 24.7 Å². The standard InChI is InChI=1S/C12H19F5O3/c1-2-3-4-7-10(18)20-19-9-6-5-8-11(13,14)12(15,16)17/h2-9H2,1H3. The van der Waals surface area contributed by atoms with Crippen LogP contribution in [0.5, 0.6) is 0 Å². The highest BCUT2D eigenvalue weighted by Gasteiger charge is 2.56. The molecule has 0 saturated carbocycles. The van der Waals surface area contributed by atoms with Crippen LogP contribution in [0.3, 0.4) is 0 Å². The van der Waals surface area contributed by atoms with E-state index in [4.69, 9.17) is 0 Å². The first-order valence-electron chi connectivity index (χ1n) is 6.47. The summed E-state index contributed by atoms with van der Waals surface area (Å²) >= 11 is 0. The van der Waals surface area contributed by atoms with E-state index in [0.717, 1.165) is 12.8 Å². The topological polar surface area (TPSA) is 35.5 Å². The van der Waals surface area contributed by atoms with Gasteiger partial charge in [0, 0.05) is 12.8 Å². The number of halogens is 5. The van der Waals surface area contributed by atoms with Crippen molar-refractivity contribution >= 4 is 5.97 Å². The van der Waals surface area contributed by atoms with Gasteiger partial charge in [-0.15, -0.1) is 0 Å². The van der Waals surface area contributed by atoms with Gasteiger partial charge in [-0.1, -0.05) is 19.8 Å². The van der Waals surface area contributed by atoms with Crippen molar-refractivity contribution in [3.63, 3.8) is 0 Å². The summed E-state index contributed by atoms with van der Waals surface area (Å²) in [5.41, 5.74) is 0. The summed E-state index contributed by atoms with van der Waals surface area (Å²) in [5, 5.41) is 0. The van der Waals surface area contributed by atoms with E-state index in [0.29, 0.717) is 6.42 Å². The van der Waals surface area contributed by atoms with Gasteiger partial charge in [0.05, 0.1) is 6.61 Å². The molecule has 0 fully saturated rings. The fourth-order valence-corrected chi connectivity index (χ4v) is 1.32. The number of unbranched alkanes of at least 4 members (excludes halogenated alkanes) is 3. The Hall–Kier alpha value is -0.920. The van der Waals surface area contributed by atoms with Gasteiger partial charge in [-0.25, -0.2) is 4.79 Å². The fourth-order valence-electron chi connectivity index (χ4n) is 1.32. The molecule has 0 aliphatic carbocycles. The molecular weight excluding hydrogens is 287 g/mol. The Bertz CT molecular complexity index is 279. The van der Waals surface area contributed by atoms with Crippen LogP contribution >= 0.6 is 0 Å². The molecule has 0 radical (unpaired) electrons. The minimum absolute atomic E-state index is 0.0477. The van der Waals surface area contributed by atoms with Crippen molar-refractivity contribution in [2.75, 3.05) is 6.61 Å². The lowest BCUT2D eigenvalue weighted by molar-refractivity contribution is -0.286. The molecule has 0 spiro atoms. The van der Waals surface area contributed by atoms with Gasteiger partial charge in [0.1, 0.15) is 0 Å². The van der Waals surface area contributed by atoms with Crippen LogP contribution in [0.4, 0.5) is 22.0 Å². The Morgan fingerprint density at radius 2 is 1.65 bits per heavy atom. The van der Waals surface area contributed by atoms with Crippen molar-refractivity contribution < 1.29 is 36.5 Å². The van der Waals surface area contributed by atoms with Crippen LogP contribution in [0, 0.1) is 0 Å². The second kappa shape index (κ2) is 9.10. The lowest BCUT2D eigenvalue weighted by atomic mass is 10.1. The summed E-state index contributed by atoms with van der Waals surface area (Å²) in [5.74, 6) is -5.26. The van der Waals surface area contributed by atoms with Gasteiger partial charge < -0.3 is 0 Å². The van der Waals surface area contributed by atoms with E-state index in [2.05, 4.69) is 9.78 Å². The average Bonchev–Trinajstić information content (AvgIpc) is 2.32. The van der Waals surface area contributed by atoms with Crippen LogP contribution in [0.25, 0.3) is 0 Å². The highest BCUT2D eigenvalue weighted by atomic mass is 19.4. The van der Waals surface area contributed by atoms with E-state index in [-0.39, 0.29) is 25.9 Å².